The first-order valence-corrected chi connectivity index (χ1v) is 6.31. The standard InChI is InChI=1S/C17H15NO.Li.H/c1-11-4-3-5-12(2)17(11)16-8-6-13-10-14(19)7-9-15(13)18-16;;/h3-10,19H,1-2H3;;. The Bertz CT molecular complexity index is 748. The Morgan fingerprint density at radius 2 is 1.60 bits per heavy atom. The molecule has 3 rings (SSSR count). The van der Waals surface area contributed by atoms with Crippen molar-refractivity contribution < 1.29 is 5.11 Å². The van der Waals surface area contributed by atoms with Crippen LogP contribution in [-0.2, 0) is 0 Å². The first kappa shape index (κ1) is 14.7. The Morgan fingerprint density at radius 3 is 2.30 bits per heavy atom. The second-order valence-corrected chi connectivity index (χ2v) is 4.84. The van der Waals surface area contributed by atoms with Crippen LogP contribution < -0.4 is 0 Å². The number of aromatic nitrogens is 1. The molecule has 2 nitrogen and oxygen atoms in total. The molecule has 0 spiro atoms. The van der Waals surface area contributed by atoms with Crippen LogP contribution in [0.15, 0.2) is 48.5 Å². The third-order valence-electron chi connectivity index (χ3n) is 3.41. The van der Waals surface area contributed by atoms with Crippen molar-refractivity contribution >= 4 is 29.8 Å². The number of fused-ring (bicyclic) bond motifs is 1. The number of hydrogen-bond acceptors (Lipinski definition) is 2. The molecule has 3 aromatic rings. The van der Waals surface area contributed by atoms with Gasteiger partial charge in [0.25, 0.3) is 0 Å². The number of phenolic OH excluding ortho intramolecular Hbond substituents is 1. The molecule has 1 N–H and O–H groups in total. The van der Waals surface area contributed by atoms with Crippen LogP contribution in [0.2, 0.25) is 0 Å². The van der Waals surface area contributed by atoms with Crippen LogP contribution in [0.5, 0.6) is 5.75 Å². The fourth-order valence-corrected chi connectivity index (χ4v) is 2.47. The maximum atomic E-state index is 9.48. The van der Waals surface area contributed by atoms with E-state index in [-0.39, 0.29) is 24.6 Å². The van der Waals surface area contributed by atoms with Crippen molar-refractivity contribution in [2.24, 2.45) is 0 Å². The van der Waals surface area contributed by atoms with Gasteiger partial charge in [0.05, 0.1) is 11.2 Å². The predicted molar refractivity (Wildman–Crippen MR) is 85.5 cm³/mol. The fourth-order valence-electron chi connectivity index (χ4n) is 2.47. The zero-order valence-corrected chi connectivity index (χ0v) is 11.0. The van der Waals surface area contributed by atoms with Gasteiger partial charge in [0.15, 0.2) is 0 Å². The van der Waals surface area contributed by atoms with E-state index in [0.29, 0.717) is 0 Å². The molecular weight excluding hydrogens is 241 g/mol. The Kier molecular flexibility index (Phi) is 4.18. The van der Waals surface area contributed by atoms with E-state index < -0.39 is 0 Å². The summed E-state index contributed by atoms with van der Waals surface area (Å²) in [4.78, 5) is 4.70. The monoisotopic (exact) mass is 257 g/mol. The third kappa shape index (κ3) is 2.58. The Labute approximate surface area is 130 Å². The molecule has 0 aliphatic heterocycles. The first-order valence-electron chi connectivity index (χ1n) is 6.31. The molecule has 20 heavy (non-hydrogen) atoms. The van der Waals surface area contributed by atoms with E-state index in [1.54, 1.807) is 12.1 Å². The van der Waals surface area contributed by atoms with Gasteiger partial charge in [0.1, 0.15) is 5.75 Å². The summed E-state index contributed by atoms with van der Waals surface area (Å²) >= 11 is 0. The summed E-state index contributed by atoms with van der Waals surface area (Å²) in [6.07, 6.45) is 0. The van der Waals surface area contributed by atoms with Crippen molar-refractivity contribution in [2.75, 3.05) is 0 Å². The zero-order valence-electron chi connectivity index (χ0n) is 11.0. The van der Waals surface area contributed by atoms with Crippen molar-refractivity contribution in [1.82, 2.24) is 4.98 Å². The SMILES string of the molecule is Cc1cccc(C)c1-c1ccc2cc(O)ccc2n1.[LiH]. The number of aromatic hydroxyl groups is 1. The van der Waals surface area contributed by atoms with Crippen molar-refractivity contribution in [3.8, 4) is 17.0 Å². The van der Waals surface area contributed by atoms with Crippen molar-refractivity contribution in [3.63, 3.8) is 0 Å². The molecular formula is C17H16LiNO. The molecule has 0 atom stereocenters. The average Bonchev–Trinajstić information content (AvgIpc) is 2.38. The zero-order chi connectivity index (χ0) is 13.4. The quantitative estimate of drug-likeness (QED) is 0.676. The van der Waals surface area contributed by atoms with Gasteiger partial charge in [-0.15, -0.1) is 0 Å². The van der Waals surface area contributed by atoms with Gasteiger partial charge < -0.3 is 5.11 Å². The van der Waals surface area contributed by atoms with Gasteiger partial charge in [-0.05, 0) is 49.2 Å². The van der Waals surface area contributed by atoms with Crippen molar-refractivity contribution in [1.29, 1.82) is 0 Å². The van der Waals surface area contributed by atoms with Crippen molar-refractivity contribution in [3.05, 3.63) is 59.7 Å². The summed E-state index contributed by atoms with van der Waals surface area (Å²) < 4.78 is 0. The van der Waals surface area contributed by atoms with E-state index in [2.05, 4.69) is 32.0 Å². The van der Waals surface area contributed by atoms with Crippen LogP contribution in [-0.4, -0.2) is 29.0 Å². The number of pyridine rings is 1. The van der Waals surface area contributed by atoms with Gasteiger partial charge in [0.2, 0.25) is 0 Å². The molecule has 0 fully saturated rings. The van der Waals surface area contributed by atoms with Crippen LogP contribution in [0.4, 0.5) is 0 Å². The summed E-state index contributed by atoms with van der Waals surface area (Å²) in [5, 5.41) is 10.4. The molecule has 96 valence electrons. The molecule has 1 heterocycles. The van der Waals surface area contributed by atoms with Crippen LogP contribution >= 0.6 is 0 Å². The molecule has 0 saturated carbocycles. The molecule has 0 unspecified atom stereocenters. The van der Waals surface area contributed by atoms with E-state index in [0.717, 1.165) is 16.6 Å². The van der Waals surface area contributed by atoms with Crippen LogP contribution in [0, 0.1) is 13.8 Å². The topological polar surface area (TPSA) is 33.1 Å². The van der Waals surface area contributed by atoms with E-state index in [4.69, 9.17) is 4.98 Å². The summed E-state index contributed by atoms with van der Waals surface area (Å²) in [7, 11) is 0. The number of hydrogen-bond donors (Lipinski definition) is 1. The van der Waals surface area contributed by atoms with Gasteiger partial charge in [-0.1, -0.05) is 24.3 Å². The maximum absolute atomic E-state index is 9.48. The Balaban J connectivity index is 0.00000147. The molecule has 3 heteroatoms. The van der Waals surface area contributed by atoms with Gasteiger partial charge in [-0.3, -0.25) is 0 Å². The molecule has 0 bridgehead atoms. The molecule has 1 aromatic heterocycles. The second kappa shape index (κ2) is 5.71. The molecule has 0 amide bonds. The molecule has 0 aliphatic rings. The second-order valence-electron chi connectivity index (χ2n) is 4.84. The van der Waals surface area contributed by atoms with Crippen LogP contribution in [0.25, 0.3) is 22.2 Å². The average molecular weight is 257 g/mol. The van der Waals surface area contributed by atoms with E-state index in [1.807, 2.05) is 18.2 Å². The van der Waals surface area contributed by atoms with E-state index in [1.165, 1.54) is 16.7 Å². The Morgan fingerprint density at radius 1 is 0.900 bits per heavy atom. The van der Waals surface area contributed by atoms with Crippen LogP contribution in [0.1, 0.15) is 11.1 Å². The minimum absolute atomic E-state index is 0. The van der Waals surface area contributed by atoms with E-state index in [9.17, 15) is 5.11 Å². The number of aryl methyl sites for hydroxylation is 2. The van der Waals surface area contributed by atoms with Crippen LogP contribution in [0.3, 0.4) is 0 Å². The van der Waals surface area contributed by atoms with Crippen molar-refractivity contribution in [2.45, 2.75) is 13.8 Å². The van der Waals surface area contributed by atoms with Gasteiger partial charge in [-0.2, -0.15) is 0 Å². The van der Waals surface area contributed by atoms with E-state index >= 15 is 0 Å². The van der Waals surface area contributed by atoms with Gasteiger partial charge >= 0.3 is 18.9 Å². The van der Waals surface area contributed by atoms with Gasteiger partial charge in [-0.25, -0.2) is 4.98 Å². The first-order chi connectivity index (χ1) is 9.15. The normalized spacial score (nSPS) is 10.3. The molecule has 0 aliphatic carbocycles. The Hall–Kier alpha value is -1.75. The molecule has 0 saturated heterocycles. The number of phenols is 1. The molecule has 2 aromatic carbocycles. The number of rotatable bonds is 1. The third-order valence-corrected chi connectivity index (χ3v) is 3.41. The summed E-state index contributed by atoms with van der Waals surface area (Å²) in [5.41, 5.74) is 5.53. The number of benzene rings is 2. The predicted octanol–water partition coefficient (Wildman–Crippen LogP) is 3.58. The minimum atomic E-state index is 0. The summed E-state index contributed by atoms with van der Waals surface area (Å²) in [6, 6.07) is 15.5. The fraction of sp³-hybridized carbons (Fsp3) is 0.118. The van der Waals surface area contributed by atoms with Gasteiger partial charge in [0, 0.05) is 10.9 Å². The molecule has 0 radical (unpaired) electrons. The number of nitrogens with zero attached hydrogens (tertiary/aromatic N) is 1. The summed E-state index contributed by atoms with van der Waals surface area (Å²) in [5.74, 6) is 0.272. The summed E-state index contributed by atoms with van der Waals surface area (Å²) in [6.45, 7) is 4.20.